The van der Waals surface area contributed by atoms with Crippen LogP contribution < -0.4 is 16.0 Å². The molecule has 0 fully saturated rings. The maximum atomic E-state index is 13.2. The smallest absolute Gasteiger partial charge is 0.397 e. The van der Waals surface area contributed by atoms with E-state index in [4.69, 9.17) is 5.73 Å². The topological polar surface area (TPSA) is 72.5 Å². The second kappa shape index (κ2) is 6.75. The summed E-state index contributed by atoms with van der Waals surface area (Å²) >= 11 is 1.10. The SMILES string of the molecule is C[NH+]1CCc2nc3sc(C(=O)Nc4ccccc4C(F)(F)F)c(N)c3cc2C1. The number of carbonyl (C=O) groups excluding carboxylic acids is 1. The molecule has 1 aliphatic rings. The van der Waals surface area contributed by atoms with Crippen LogP contribution in [-0.4, -0.2) is 24.5 Å². The van der Waals surface area contributed by atoms with Crippen molar-refractivity contribution in [2.45, 2.75) is 19.1 Å². The Labute approximate surface area is 163 Å². The number of halogens is 3. The molecule has 1 amide bonds. The maximum Gasteiger partial charge on any atom is 0.418 e. The molecule has 4 rings (SSSR count). The molecule has 1 atom stereocenters. The highest BCUT2D eigenvalue weighted by molar-refractivity contribution is 7.21. The van der Waals surface area contributed by atoms with E-state index in [0.29, 0.717) is 10.2 Å². The fourth-order valence-corrected chi connectivity index (χ4v) is 4.41. The van der Waals surface area contributed by atoms with E-state index in [1.807, 2.05) is 6.07 Å². The molecular weight excluding hydrogens is 389 g/mol. The first-order valence-corrected chi connectivity index (χ1v) is 9.55. The normalized spacial score (nSPS) is 16.8. The average Bonchev–Trinajstić information content (AvgIpc) is 2.95. The zero-order valence-corrected chi connectivity index (χ0v) is 15.8. The Morgan fingerprint density at radius 2 is 2.07 bits per heavy atom. The minimum absolute atomic E-state index is 0.169. The molecule has 3 heterocycles. The Kier molecular flexibility index (Phi) is 4.51. The van der Waals surface area contributed by atoms with E-state index in [0.717, 1.165) is 48.2 Å². The van der Waals surface area contributed by atoms with Crippen LogP contribution in [0.3, 0.4) is 0 Å². The number of alkyl halides is 3. The highest BCUT2D eigenvalue weighted by Crippen LogP contribution is 2.37. The predicted molar refractivity (Wildman–Crippen MR) is 103 cm³/mol. The lowest BCUT2D eigenvalue weighted by Gasteiger charge is -2.21. The van der Waals surface area contributed by atoms with Gasteiger partial charge in [0, 0.05) is 17.4 Å². The number of nitrogens with one attached hydrogen (secondary N) is 2. The number of nitrogen functional groups attached to an aromatic ring is 1. The highest BCUT2D eigenvalue weighted by Gasteiger charge is 2.34. The van der Waals surface area contributed by atoms with Crippen molar-refractivity contribution in [3.63, 3.8) is 0 Å². The van der Waals surface area contributed by atoms with Gasteiger partial charge in [0.15, 0.2) is 0 Å². The minimum Gasteiger partial charge on any atom is -0.397 e. The van der Waals surface area contributed by atoms with Crippen molar-refractivity contribution in [2.75, 3.05) is 24.6 Å². The number of nitrogens with two attached hydrogens (primary N) is 1. The van der Waals surface area contributed by atoms with E-state index in [1.54, 1.807) is 0 Å². The molecule has 0 spiro atoms. The van der Waals surface area contributed by atoms with E-state index in [-0.39, 0.29) is 16.3 Å². The third-order valence-corrected chi connectivity index (χ3v) is 5.97. The van der Waals surface area contributed by atoms with Gasteiger partial charge in [0.25, 0.3) is 5.91 Å². The number of hydrogen-bond donors (Lipinski definition) is 3. The molecule has 146 valence electrons. The van der Waals surface area contributed by atoms with Gasteiger partial charge in [-0.3, -0.25) is 4.79 Å². The third kappa shape index (κ3) is 3.31. The number of quaternary nitrogens is 1. The van der Waals surface area contributed by atoms with Crippen molar-refractivity contribution in [1.29, 1.82) is 0 Å². The summed E-state index contributed by atoms with van der Waals surface area (Å²) in [6, 6.07) is 6.82. The van der Waals surface area contributed by atoms with Crippen molar-refractivity contribution in [3.05, 3.63) is 52.0 Å². The second-order valence-electron chi connectivity index (χ2n) is 6.92. The van der Waals surface area contributed by atoms with Crippen LogP contribution in [0.15, 0.2) is 30.3 Å². The number of carbonyl (C=O) groups is 1. The number of likely N-dealkylation sites (N-methyl/N-ethyl adjacent to an activating group) is 1. The summed E-state index contributed by atoms with van der Waals surface area (Å²) in [6.07, 6.45) is -3.72. The van der Waals surface area contributed by atoms with Gasteiger partial charge in [-0.1, -0.05) is 12.1 Å². The number of anilines is 2. The first-order chi connectivity index (χ1) is 13.2. The van der Waals surface area contributed by atoms with Gasteiger partial charge in [-0.2, -0.15) is 13.2 Å². The number of thiophene rings is 1. The molecular formula is C19H18F3N4OS+. The minimum atomic E-state index is -4.56. The van der Waals surface area contributed by atoms with E-state index < -0.39 is 17.6 Å². The number of hydrogen-bond acceptors (Lipinski definition) is 4. The van der Waals surface area contributed by atoms with Crippen LogP contribution in [0.25, 0.3) is 10.2 Å². The Bertz CT molecular complexity index is 1080. The molecule has 1 aromatic carbocycles. The Morgan fingerprint density at radius 1 is 1.32 bits per heavy atom. The zero-order chi connectivity index (χ0) is 20.1. The zero-order valence-electron chi connectivity index (χ0n) is 15.0. The Balaban J connectivity index is 1.70. The molecule has 1 unspecified atom stereocenters. The van der Waals surface area contributed by atoms with E-state index in [9.17, 15) is 18.0 Å². The summed E-state index contributed by atoms with van der Waals surface area (Å²) in [5.74, 6) is -0.669. The van der Waals surface area contributed by atoms with Gasteiger partial charge in [0.1, 0.15) is 16.3 Å². The van der Waals surface area contributed by atoms with E-state index in [2.05, 4.69) is 17.3 Å². The lowest BCUT2D eigenvalue weighted by atomic mass is 10.0. The van der Waals surface area contributed by atoms with Gasteiger partial charge in [0.2, 0.25) is 0 Å². The molecule has 0 radical (unpaired) electrons. The van der Waals surface area contributed by atoms with Crippen LogP contribution in [0.4, 0.5) is 24.5 Å². The van der Waals surface area contributed by atoms with Gasteiger partial charge in [-0.25, -0.2) is 4.98 Å². The lowest BCUT2D eigenvalue weighted by Crippen LogP contribution is -3.08. The number of nitrogens with zero attached hydrogens (tertiary/aromatic N) is 1. The van der Waals surface area contributed by atoms with Crippen molar-refractivity contribution >= 4 is 38.8 Å². The van der Waals surface area contributed by atoms with Gasteiger partial charge < -0.3 is 16.0 Å². The Hall–Kier alpha value is -2.65. The predicted octanol–water partition coefficient (Wildman–Crippen LogP) is 2.72. The number of fused-ring (bicyclic) bond motifs is 2. The van der Waals surface area contributed by atoms with E-state index in [1.165, 1.54) is 23.1 Å². The molecule has 4 N–H and O–H groups in total. The van der Waals surface area contributed by atoms with Crippen LogP contribution in [-0.2, 0) is 19.1 Å². The van der Waals surface area contributed by atoms with Gasteiger partial charge in [-0.05, 0) is 18.2 Å². The van der Waals surface area contributed by atoms with Crippen LogP contribution in [0, 0.1) is 0 Å². The molecule has 0 saturated heterocycles. The number of aromatic nitrogens is 1. The quantitative estimate of drug-likeness (QED) is 0.612. The fourth-order valence-electron chi connectivity index (χ4n) is 3.42. The van der Waals surface area contributed by atoms with Crippen LogP contribution in [0.1, 0.15) is 26.5 Å². The number of para-hydroxylation sites is 1. The van der Waals surface area contributed by atoms with Crippen molar-refractivity contribution < 1.29 is 22.9 Å². The summed E-state index contributed by atoms with van der Waals surface area (Å²) in [4.78, 5) is 19.5. The lowest BCUT2D eigenvalue weighted by molar-refractivity contribution is -0.895. The monoisotopic (exact) mass is 407 g/mol. The van der Waals surface area contributed by atoms with Gasteiger partial charge >= 0.3 is 6.18 Å². The molecule has 5 nitrogen and oxygen atoms in total. The molecule has 9 heteroatoms. The van der Waals surface area contributed by atoms with Gasteiger partial charge in [-0.15, -0.1) is 11.3 Å². The molecule has 2 aromatic heterocycles. The highest BCUT2D eigenvalue weighted by atomic mass is 32.1. The summed E-state index contributed by atoms with van der Waals surface area (Å²) in [5, 5.41) is 3.03. The Morgan fingerprint density at radius 3 is 2.82 bits per heavy atom. The molecule has 28 heavy (non-hydrogen) atoms. The summed E-state index contributed by atoms with van der Waals surface area (Å²) < 4.78 is 39.5. The summed E-state index contributed by atoms with van der Waals surface area (Å²) in [6.45, 7) is 1.81. The van der Waals surface area contributed by atoms with Crippen molar-refractivity contribution in [2.24, 2.45) is 0 Å². The second-order valence-corrected chi connectivity index (χ2v) is 7.92. The van der Waals surface area contributed by atoms with E-state index >= 15 is 0 Å². The molecule has 0 aliphatic carbocycles. The number of pyridine rings is 1. The van der Waals surface area contributed by atoms with Crippen LogP contribution in [0.2, 0.25) is 0 Å². The maximum absolute atomic E-state index is 13.2. The fraction of sp³-hybridized carbons (Fsp3) is 0.263. The summed E-state index contributed by atoms with van der Waals surface area (Å²) in [7, 11) is 2.10. The molecule has 0 bridgehead atoms. The number of amides is 1. The molecule has 0 saturated carbocycles. The van der Waals surface area contributed by atoms with Gasteiger partial charge in [0.05, 0.1) is 36.2 Å². The third-order valence-electron chi connectivity index (χ3n) is 4.86. The number of benzene rings is 1. The molecule has 1 aliphatic heterocycles. The van der Waals surface area contributed by atoms with Crippen molar-refractivity contribution in [1.82, 2.24) is 4.98 Å². The standard InChI is InChI=1S/C19H17F3N4OS/c1-26-7-6-13-10(9-26)8-11-15(23)16(28-18(11)25-13)17(27)24-14-5-3-2-4-12(14)19(20,21)22/h2-5,8H,6-7,9,23H2,1H3,(H,24,27)/p+1. The average molecular weight is 407 g/mol. The molecule has 3 aromatic rings. The van der Waals surface area contributed by atoms with Crippen LogP contribution in [0.5, 0.6) is 0 Å². The number of rotatable bonds is 2. The summed E-state index contributed by atoms with van der Waals surface area (Å²) in [5.41, 5.74) is 7.31. The van der Waals surface area contributed by atoms with Crippen molar-refractivity contribution in [3.8, 4) is 0 Å². The van der Waals surface area contributed by atoms with Crippen LogP contribution >= 0.6 is 11.3 Å². The first-order valence-electron chi connectivity index (χ1n) is 8.73. The first kappa shape index (κ1) is 18.7. The largest absolute Gasteiger partial charge is 0.418 e.